The fourth-order valence-corrected chi connectivity index (χ4v) is 2.47. The van der Waals surface area contributed by atoms with Crippen molar-refractivity contribution in [3.8, 4) is 0 Å². The normalized spacial score (nSPS) is 18.6. The van der Waals surface area contributed by atoms with Gasteiger partial charge in [-0.1, -0.05) is 6.07 Å². The molecule has 0 radical (unpaired) electrons. The number of esters is 1. The number of carbonyl (C=O) groups is 1. The third-order valence-electron chi connectivity index (χ3n) is 3.45. The van der Waals surface area contributed by atoms with Crippen LogP contribution in [0.25, 0.3) is 0 Å². The third kappa shape index (κ3) is 2.61. The number of ether oxygens (including phenoxy) is 1. The predicted molar refractivity (Wildman–Crippen MR) is 77.3 cm³/mol. The molecule has 0 aromatic heterocycles. The molecule has 0 saturated heterocycles. The van der Waals surface area contributed by atoms with Crippen LogP contribution in [0, 0.1) is 11.6 Å². The molecule has 0 spiro atoms. The van der Waals surface area contributed by atoms with Crippen molar-refractivity contribution in [1.82, 2.24) is 10.2 Å². The average molecular weight is 312 g/mol. The summed E-state index contributed by atoms with van der Waals surface area (Å²) in [6.07, 6.45) is 0. The molecule has 1 heterocycles. The number of hydrogen-bond donors (Lipinski definition) is 1. The van der Waals surface area contributed by atoms with E-state index in [1.54, 1.807) is 18.9 Å². The molecule has 2 rings (SSSR count). The smallest absolute Gasteiger partial charge is 0.337 e. The minimum atomic E-state index is -1.03. The number of halogens is 2. The van der Waals surface area contributed by atoms with Crippen LogP contribution in [0.15, 0.2) is 29.5 Å². The van der Waals surface area contributed by atoms with E-state index >= 15 is 0 Å². The van der Waals surface area contributed by atoms with Gasteiger partial charge in [-0.2, -0.15) is 0 Å². The third-order valence-corrected chi connectivity index (χ3v) is 3.84. The van der Waals surface area contributed by atoms with Crippen LogP contribution in [-0.2, 0) is 9.53 Å². The minimum Gasteiger partial charge on any atom is -0.466 e. The first-order valence-electron chi connectivity index (χ1n) is 6.15. The van der Waals surface area contributed by atoms with E-state index in [0.717, 1.165) is 12.1 Å². The Morgan fingerprint density at radius 2 is 1.95 bits per heavy atom. The van der Waals surface area contributed by atoms with Crippen molar-refractivity contribution in [2.45, 2.75) is 13.0 Å². The maximum Gasteiger partial charge on any atom is 0.337 e. The fraction of sp³-hybridized carbons (Fsp3) is 0.286. The molecule has 0 fully saturated rings. The number of nitrogens with zero attached hydrogens (tertiary/aromatic N) is 1. The van der Waals surface area contributed by atoms with Crippen molar-refractivity contribution in [3.05, 3.63) is 46.7 Å². The lowest BCUT2D eigenvalue weighted by molar-refractivity contribution is -0.136. The zero-order chi connectivity index (χ0) is 15.7. The van der Waals surface area contributed by atoms with Crippen LogP contribution in [-0.4, -0.2) is 30.1 Å². The zero-order valence-corrected chi connectivity index (χ0v) is 12.6. The zero-order valence-electron chi connectivity index (χ0n) is 11.7. The lowest BCUT2D eigenvalue weighted by Gasteiger charge is -2.35. The minimum absolute atomic E-state index is 0.123. The number of allylic oxidation sites excluding steroid dienone is 1. The molecule has 1 atom stereocenters. The van der Waals surface area contributed by atoms with Crippen LogP contribution in [0.3, 0.4) is 0 Å². The SMILES string of the molecule is COC(=O)C1=C(C)N(C)C(=S)N[C@H]1c1c(F)cccc1F. The van der Waals surface area contributed by atoms with Crippen LogP contribution < -0.4 is 5.32 Å². The van der Waals surface area contributed by atoms with Gasteiger partial charge in [-0.15, -0.1) is 0 Å². The lowest BCUT2D eigenvalue weighted by atomic mass is 9.94. The van der Waals surface area contributed by atoms with Crippen molar-refractivity contribution in [2.75, 3.05) is 14.2 Å². The van der Waals surface area contributed by atoms with Gasteiger partial charge in [-0.05, 0) is 31.3 Å². The summed E-state index contributed by atoms with van der Waals surface area (Å²) in [5, 5.41) is 3.05. The second-order valence-electron chi connectivity index (χ2n) is 4.57. The van der Waals surface area contributed by atoms with Crippen LogP contribution in [0.2, 0.25) is 0 Å². The van der Waals surface area contributed by atoms with Gasteiger partial charge in [0, 0.05) is 12.7 Å². The van der Waals surface area contributed by atoms with E-state index in [4.69, 9.17) is 17.0 Å². The summed E-state index contributed by atoms with van der Waals surface area (Å²) in [5.74, 6) is -2.18. The van der Waals surface area contributed by atoms with Gasteiger partial charge in [-0.25, -0.2) is 13.6 Å². The first-order valence-corrected chi connectivity index (χ1v) is 6.56. The Labute approximate surface area is 126 Å². The number of benzene rings is 1. The monoisotopic (exact) mass is 312 g/mol. The summed E-state index contributed by atoms with van der Waals surface area (Å²) < 4.78 is 32.8. The predicted octanol–water partition coefficient (Wildman–Crippen LogP) is 2.27. The number of hydrogen-bond acceptors (Lipinski definition) is 3. The molecule has 0 aliphatic carbocycles. The Bertz CT molecular complexity index is 626. The molecule has 0 bridgehead atoms. The molecular formula is C14H14F2N2O2S. The van der Waals surface area contributed by atoms with E-state index in [1.807, 2.05) is 0 Å². The second-order valence-corrected chi connectivity index (χ2v) is 4.95. The van der Waals surface area contributed by atoms with Crippen molar-refractivity contribution in [1.29, 1.82) is 0 Å². The van der Waals surface area contributed by atoms with E-state index in [9.17, 15) is 13.6 Å². The molecule has 0 amide bonds. The first-order chi connectivity index (χ1) is 9.88. The summed E-state index contributed by atoms with van der Waals surface area (Å²) in [5.41, 5.74) is 0.351. The topological polar surface area (TPSA) is 41.6 Å². The van der Waals surface area contributed by atoms with Gasteiger partial charge in [0.05, 0.1) is 24.3 Å². The van der Waals surface area contributed by atoms with E-state index < -0.39 is 23.6 Å². The summed E-state index contributed by atoms with van der Waals surface area (Å²) in [6, 6.07) is 2.50. The van der Waals surface area contributed by atoms with Crippen LogP contribution in [0.5, 0.6) is 0 Å². The van der Waals surface area contributed by atoms with Gasteiger partial charge >= 0.3 is 5.97 Å². The van der Waals surface area contributed by atoms with Gasteiger partial charge < -0.3 is 15.0 Å². The van der Waals surface area contributed by atoms with Crippen molar-refractivity contribution in [2.24, 2.45) is 0 Å². The summed E-state index contributed by atoms with van der Waals surface area (Å²) in [6.45, 7) is 1.64. The summed E-state index contributed by atoms with van der Waals surface area (Å²) in [7, 11) is 2.87. The Kier molecular flexibility index (Phi) is 4.22. The molecule has 1 aliphatic rings. The van der Waals surface area contributed by atoms with E-state index in [0.29, 0.717) is 5.70 Å². The molecule has 0 unspecified atom stereocenters. The molecule has 21 heavy (non-hydrogen) atoms. The van der Waals surface area contributed by atoms with Gasteiger partial charge in [-0.3, -0.25) is 0 Å². The van der Waals surface area contributed by atoms with Crippen molar-refractivity contribution >= 4 is 23.3 Å². The molecule has 4 nitrogen and oxygen atoms in total. The Morgan fingerprint density at radius 1 is 1.38 bits per heavy atom. The molecule has 112 valence electrons. The Morgan fingerprint density at radius 3 is 2.48 bits per heavy atom. The van der Waals surface area contributed by atoms with Gasteiger partial charge in [0.25, 0.3) is 0 Å². The highest BCUT2D eigenvalue weighted by Crippen LogP contribution is 2.33. The molecule has 1 aromatic rings. The van der Waals surface area contributed by atoms with Crippen molar-refractivity contribution < 1.29 is 18.3 Å². The number of thiocarbonyl (C=S) groups is 1. The molecule has 7 heteroatoms. The van der Waals surface area contributed by atoms with Gasteiger partial charge in [0.1, 0.15) is 11.6 Å². The molecule has 0 saturated carbocycles. The number of methoxy groups -OCH3 is 1. The molecule has 1 aliphatic heterocycles. The Hall–Kier alpha value is -2.02. The van der Waals surface area contributed by atoms with E-state index in [2.05, 4.69) is 5.32 Å². The van der Waals surface area contributed by atoms with Crippen molar-refractivity contribution in [3.63, 3.8) is 0 Å². The van der Waals surface area contributed by atoms with Crippen LogP contribution >= 0.6 is 12.2 Å². The van der Waals surface area contributed by atoms with Crippen LogP contribution in [0.1, 0.15) is 18.5 Å². The molecule has 1 aromatic carbocycles. The largest absolute Gasteiger partial charge is 0.466 e. The number of carbonyl (C=O) groups excluding carboxylic acids is 1. The lowest BCUT2D eigenvalue weighted by Crippen LogP contribution is -2.46. The maximum absolute atomic E-state index is 14.0. The maximum atomic E-state index is 14.0. The standard InChI is InChI=1S/C14H14F2N2O2S/c1-7-10(13(19)20-3)12(17-14(21)18(7)2)11-8(15)5-4-6-9(11)16/h4-6,12H,1-3H3,(H,17,21)/t12-/m1/s1. The highest BCUT2D eigenvalue weighted by Gasteiger charge is 2.36. The van der Waals surface area contributed by atoms with E-state index in [-0.39, 0.29) is 16.2 Å². The average Bonchev–Trinajstić information content (AvgIpc) is 2.44. The van der Waals surface area contributed by atoms with Gasteiger partial charge in [0.2, 0.25) is 0 Å². The Balaban J connectivity index is 2.65. The number of nitrogens with one attached hydrogen (secondary N) is 1. The quantitative estimate of drug-likeness (QED) is 0.670. The van der Waals surface area contributed by atoms with Gasteiger partial charge in [0.15, 0.2) is 5.11 Å². The second kappa shape index (κ2) is 5.77. The summed E-state index contributed by atoms with van der Waals surface area (Å²) in [4.78, 5) is 13.6. The number of rotatable bonds is 2. The highest BCUT2D eigenvalue weighted by atomic mass is 32.1. The molecule has 1 N–H and O–H groups in total. The summed E-state index contributed by atoms with van der Waals surface area (Å²) >= 11 is 5.13. The van der Waals surface area contributed by atoms with Crippen LogP contribution in [0.4, 0.5) is 8.78 Å². The van der Waals surface area contributed by atoms with E-state index in [1.165, 1.54) is 13.2 Å². The first kappa shape index (κ1) is 15.4. The fourth-order valence-electron chi connectivity index (χ4n) is 2.21. The highest BCUT2D eigenvalue weighted by molar-refractivity contribution is 7.80. The molecular weight excluding hydrogens is 298 g/mol.